The van der Waals surface area contributed by atoms with Crippen LogP contribution < -0.4 is 0 Å². The van der Waals surface area contributed by atoms with Gasteiger partial charge in [0.2, 0.25) is 0 Å². The maximum Gasteiger partial charge on any atom is 0.0858 e. The van der Waals surface area contributed by atoms with Gasteiger partial charge in [-0.1, -0.05) is 48.5 Å². The zero-order chi connectivity index (χ0) is 17.3. The van der Waals surface area contributed by atoms with Crippen LogP contribution in [0.2, 0.25) is 0 Å². The molecule has 1 N–H and O–H groups in total. The van der Waals surface area contributed by atoms with Gasteiger partial charge in [-0.2, -0.15) is 0 Å². The van der Waals surface area contributed by atoms with Crippen molar-refractivity contribution in [1.29, 1.82) is 0 Å². The van der Waals surface area contributed by atoms with Gasteiger partial charge in [0.25, 0.3) is 0 Å². The quantitative estimate of drug-likeness (QED) is 0.546. The predicted molar refractivity (Wildman–Crippen MR) is 107 cm³/mol. The summed E-state index contributed by atoms with van der Waals surface area (Å²) in [6.45, 7) is 0. The maximum atomic E-state index is 11.9. The first-order chi connectivity index (χ1) is 12.7. The number of rotatable bonds is 2. The van der Waals surface area contributed by atoms with Crippen LogP contribution in [0.1, 0.15) is 50.2 Å². The van der Waals surface area contributed by atoms with Crippen molar-refractivity contribution in [3.8, 4) is 0 Å². The Balaban J connectivity index is 1.59. The van der Waals surface area contributed by atoms with Gasteiger partial charge in [0.05, 0.1) is 6.10 Å². The standard InChI is InChI=1S/C25H26O/c26-24(25-13-16-9-17(14-25)11-18(10-16)15-25)23-21-7-3-1-5-19(21)12-20-6-2-4-8-22(20)23/h1-8,12,16-18,24,26H,9-11,13-15H2/t16?,17?,18?,24-,25?/m0/s1. The monoisotopic (exact) mass is 342 g/mol. The molecule has 26 heavy (non-hydrogen) atoms. The first kappa shape index (κ1) is 15.2. The average molecular weight is 342 g/mol. The summed E-state index contributed by atoms with van der Waals surface area (Å²) in [5.74, 6) is 2.58. The summed E-state index contributed by atoms with van der Waals surface area (Å²) >= 11 is 0. The molecule has 4 aliphatic rings. The number of hydrogen-bond donors (Lipinski definition) is 1. The lowest BCUT2D eigenvalue weighted by atomic mass is 9.47. The highest BCUT2D eigenvalue weighted by molar-refractivity contribution is 6.02. The van der Waals surface area contributed by atoms with Gasteiger partial charge in [-0.05, 0) is 89.5 Å². The van der Waals surface area contributed by atoms with E-state index in [0.717, 1.165) is 17.8 Å². The molecule has 0 saturated heterocycles. The van der Waals surface area contributed by atoms with Crippen LogP contribution in [0.15, 0.2) is 54.6 Å². The van der Waals surface area contributed by atoms with E-state index in [9.17, 15) is 5.11 Å². The van der Waals surface area contributed by atoms with E-state index in [1.807, 2.05) is 0 Å². The zero-order valence-electron chi connectivity index (χ0n) is 15.2. The molecule has 0 unspecified atom stereocenters. The van der Waals surface area contributed by atoms with Crippen LogP contribution in [0, 0.1) is 23.2 Å². The van der Waals surface area contributed by atoms with Crippen LogP contribution in [0.4, 0.5) is 0 Å². The molecular weight excluding hydrogens is 316 g/mol. The van der Waals surface area contributed by atoms with Gasteiger partial charge in [0, 0.05) is 5.41 Å². The Morgan fingerprint density at radius 2 is 1.19 bits per heavy atom. The lowest BCUT2D eigenvalue weighted by Gasteiger charge is -2.58. The highest BCUT2D eigenvalue weighted by atomic mass is 16.3. The Bertz CT molecular complexity index is 912. The maximum absolute atomic E-state index is 11.9. The molecule has 132 valence electrons. The molecule has 1 atom stereocenters. The van der Waals surface area contributed by atoms with Crippen molar-refractivity contribution in [3.63, 3.8) is 0 Å². The molecule has 7 rings (SSSR count). The molecule has 3 aromatic rings. The molecule has 0 radical (unpaired) electrons. The van der Waals surface area contributed by atoms with Crippen LogP contribution in [0.3, 0.4) is 0 Å². The second-order valence-corrected chi connectivity index (χ2v) is 9.41. The Hall–Kier alpha value is -1.86. The van der Waals surface area contributed by atoms with Crippen molar-refractivity contribution in [1.82, 2.24) is 0 Å². The second kappa shape index (κ2) is 5.33. The lowest BCUT2D eigenvalue weighted by molar-refractivity contribution is -0.121. The van der Waals surface area contributed by atoms with Gasteiger partial charge in [-0.25, -0.2) is 0 Å². The fraction of sp³-hybridized carbons (Fsp3) is 0.440. The fourth-order valence-corrected chi connectivity index (χ4v) is 7.16. The lowest BCUT2D eigenvalue weighted by Crippen LogP contribution is -2.48. The summed E-state index contributed by atoms with van der Waals surface area (Å²) in [6, 6.07) is 19.5. The van der Waals surface area contributed by atoms with Crippen LogP contribution in [-0.4, -0.2) is 5.11 Å². The van der Waals surface area contributed by atoms with Gasteiger partial charge >= 0.3 is 0 Å². The van der Waals surface area contributed by atoms with E-state index in [4.69, 9.17) is 0 Å². The number of fused-ring (bicyclic) bond motifs is 2. The number of benzene rings is 3. The van der Waals surface area contributed by atoms with Gasteiger partial charge in [-0.15, -0.1) is 0 Å². The molecular formula is C25H26O. The molecule has 0 spiro atoms. The third-order valence-electron chi connectivity index (χ3n) is 7.75. The molecule has 4 aliphatic carbocycles. The summed E-state index contributed by atoms with van der Waals surface area (Å²) in [4.78, 5) is 0. The summed E-state index contributed by atoms with van der Waals surface area (Å²) < 4.78 is 0. The van der Waals surface area contributed by atoms with E-state index in [1.54, 1.807) is 0 Å². The summed E-state index contributed by atoms with van der Waals surface area (Å²) in [5, 5.41) is 16.9. The molecule has 0 aliphatic heterocycles. The van der Waals surface area contributed by atoms with E-state index >= 15 is 0 Å². The molecule has 1 heteroatoms. The first-order valence-corrected chi connectivity index (χ1v) is 10.3. The first-order valence-electron chi connectivity index (χ1n) is 10.3. The van der Waals surface area contributed by atoms with Crippen molar-refractivity contribution in [2.45, 2.75) is 44.6 Å². The third-order valence-corrected chi connectivity index (χ3v) is 7.75. The summed E-state index contributed by atoms with van der Waals surface area (Å²) in [5.41, 5.74) is 1.31. The highest BCUT2D eigenvalue weighted by Crippen LogP contribution is 2.64. The topological polar surface area (TPSA) is 20.2 Å². The molecule has 0 amide bonds. The van der Waals surface area contributed by atoms with Gasteiger partial charge in [-0.3, -0.25) is 0 Å². The average Bonchev–Trinajstić information content (AvgIpc) is 2.64. The van der Waals surface area contributed by atoms with E-state index in [1.165, 1.54) is 65.6 Å². The molecule has 1 nitrogen and oxygen atoms in total. The van der Waals surface area contributed by atoms with Crippen molar-refractivity contribution < 1.29 is 5.11 Å². The van der Waals surface area contributed by atoms with Crippen LogP contribution in [-0.2, 0) is 0 Å². The highest BCUT2D eigenvalue weighted by Gasteiger charge is 2.54. The minimum Gasteiger partial charge on any atom is -0.388 e. The summed E-state index contributed by atoms with van der Waals surface area (Å²) in [6.07, 6.45) is 7.62. The number of hydrogen-bond acceptors (Lipinski definition) is 1. The van der Waals surface area contributed by atoms with Gasteiger partial charge in [0.15, 0.2) is 0 Å². The minimum absolute atomic E-state index is 0.113. The Kier molecular flexibility index (Phi) is 3.12. The molecule has 4 saturated carbocycles. The van der Waals surface area contributed by atoms with Crippen molar-refractivity contribution in [2.24, 2.45) is 23.2 Å². The second-order valence-electron chi connectivity index (χ2n) is 9.41. The third kappa shape index (κ3) is 2.07. The van der Waals surface area contributed by atoms with Crippen molar-refractivity contribution in [3.05, 3.63) is 60.2 Å². The van der Waals surface area contributed by atoms with Crippen LogP contribution >= 0.6 is 0 Å². The van der Waals surface area contributed by atoms with Gasteiger partial charge < -0.3 is 5.11 Å². The molecule has 4 bridgehead atoms. The van der Waals surface area contributed by atoms with E-state index < -0.39 is 0 Å². The normalized spacial score (nSPS) is 33.8. The molecule has 3 aromatic carbocycles. The van der Waals surface area contributed by atoms with Crippen molar-refractivity contribution >= 4 is 21.5 Å². The van der Waals surface area contributed by atoms with E-state index in [2.05, 4.69) is 54.6 Å². The number of aliphatic hydroxyl groups is 1. The van der Waals surface area contributed by atoms with E-state index in [-0.39, 0.29) is 11.5 Å². The number of aliphatic hydroxyl groups excluding tert-OH is 1. The largest absolute Gasteiger partial charge is 0.388 e. The molecule has 4 fully saturated rings. The van der Waals surface area contributed by atoms with Crippen LogP contribution in [0.5, 0.6) is 0 Å². The smallest absolute Gasteiger partial charge is 0.0858 e. The SMILES string of the molecule is O[C@@H](c1c2ccccc2cc2ccccc12)C12CC3CC(CC(C3)C1)C2. The molecule has 0 aromatic heterocycles. The fourth-order valence-electron chi connectivity index (χ4n) is 7.16. The molecule has 0 heterocycles. The predicted octanol–water partition coefficient (Wildman–Crippen LogP) is 6.24. The van der Waals surface area contributed by atoms with Crippen LogP contribution in [0.25, 0.3) is 21.5 Å². The zero-order valence-corrected chi connectivity index (χ0v) is 15.2. The Morgan fingerprint density at radius 1 is 0.731 bits per heavy atom. The summed E-state index contributed by atoms with van der Waals surface area (Å²) in [7, 11) is 0. The Morgan fingerprint density at radius 3 is 1.69 bits per heavy atom. The van der Waals surface area contributed by atoms with Crippen molar-refractivity contribution in [2.75, 3.05) is 0 Å². The van der Waals surface area contributed by atoms with E-state index in [0.29, 0.717) is 0 Å². The minimum atomic E-state index is -0.341. The Labute approximate surface area is 155 Å². The van der Waals surface area contributed by atoms with Gasteiger partial charge in [0.1, 0.15) is 0 Å².